The highest BCUT2D eigenvalue weighted by molar-refractivity contribution is 6.44. The van der Waals surface area contributed by atoms with E-state index in [0.29, 0.717) is 32.1 Å². The minimum atomic E-state index is -0.803. The molecule has 0 spiro atoms. The van der Waals surface area contributed by atoms with Crippen LogP contribution in [0.15, 0.2) is 24.8 Å². The Hall–Kier alpha value is -2.87. The molecule has 1 aromatic carbocycles. The lowest BCUT2D eigenvalue weighted by atomic mass is 9.99. The third-order valence-corrected chi connectivity index (χ3v) is 4.75. The maximum Gasteiger partial charge on any atom is 0.335 e. The van der Waals surface area contributed by atoms with Gasteiger partial charge in [0.1, 0.15) is 0 Å². The van der Waals surface area contributed by atoms with Crippen molar-refractivity contribution < 1.29 is 23.9 Å². The first kappa shape index (κ1) is 19.9. The zero-order valence-electron chi connectivity index (χ0n) is 16.3. The molecule has 8 nitrogen and oxygen atoms in total. The molecular weight excluding hydrogens is 362 g/mol. The van der Waals surface area contributed by atoms with E-state index in [1.165, 1.54) is 6.08 Å². The zero-order chi connectivity index (χ0) is 20.3. The summed E-state index contributed by atoms with van der Waals surface area (Å²) < 4.78 is 11.4. The van der Waals surface area contributed by atoms with Gasteiger partial charge in [0, 0.05) is 19.6 Å². The highest BCUT2D eigenvalue weighted by atomic mass is 16.5. The minimum absolute atomic E-state index is 0.0284. The van der Waals surface area contributed by atoms with E-state index in [4.69, 9.17) is 9.47 Å². The standard InChI is InChI=1S/C20H25N3O5/c1-4-8-22-18(24)19(25)23(20(22)26)13-21-9-7-14-10-16(27-5-2)17(28-6-3)11-15(14)12-21/h4,10-11H,1,5-9,12-13H2,2-3H3. The predicted octanol–water partition coefficient (Wildman–Crippen LogP) is 1.78. The summed E-state index contributed by atoms with van der Waals surface area (Å²) >= 11 is 0. The Bertz CT molecular complexity index is 807. The van der Waals surface area contributed by atoms with Gasteiger partial charge in [-0.3, -0.25) is 19.4 Å². The van der Waals surface area contributed by atoms with Gasteiger partial charge < -0.3 is 9.47 Å². The van der Waals surface area contributed by atoms with E-state index in [1.54, 1.807) is 0 Å². The molecule has 0 aromatic heterocycles. The fourth-order valence-electron chi connectivity index (χ4n) is 3.45. The molecule has 0 atom stereocenters. The van der Waals surface area contributed by atoms with E-state index in [1.807, 2.05) is 30.9 Å². The quantitative estimate of drug-likeness (QED) is 0.384. The van der Waals surface area contributed by atoms with Crippen molar-refractivity contribution in [1.29, 1.82) is 0 Å². The van der Waals surface area contributed by atoms with Crippen LogP contribution in [-0.4, -0.2) is 65.5 Å². The van der Waals surface area contributed by atoms with Crippen molar-refractivity contribution in [3.63, 3.8) is 0 Å². The van der Waals surface area contributed by atoms with E-state index in [-0.39, 0.29) is 13.2 Å². The summed E-state index contributed by atoms with van der Waals surface area (Å²) in [6.07, 6.45) is 2.18. The molecule has 0 unspecified atom stereocenters. The van der Waals surface area contributed by atoms with Gasteiger partial charge in [-0.1, -0.05) is 6.08 Å². The molecular formula is C20H25N3O5. The summed E-state index contributed by atoms with van der Waals surface area (Å²) in [6.45, 7) is 9.77. The van der Waals surface area contributed by atoms with Gasteiger partial charge in [-0.2, -0.15) is 0 Å². The van der Waals surface area contributed by atoms with E-state index in [9.17, 15) is 14.4 Å². The second kappa shape index (κ2) is 8.43. The van der Waals surface area contributed by atoms with Gasteiger partial charge in [0.25, 0.3) is 0 Å². The van der Waals surface area contributed by atoms with Gasteiger partial charge in [-0.05, 0) is 43.5 Å². The summed E-state index contributed by atoms with van der Waals surface area (Å²) in [5.41, 5.74) is 2.22. The van der Waals surface area contributed by atoms with Crippen LogP contribution in [0, 0.1) is 0 Å². The predicted molar refractivity (Wildman–Crippen MR) is 102 cm³/mol. The van der Waals surface area contributed by atoms with E-state index < -0.39 is 17.8 Å². The first-order valence-electron chi connectivity index (χ1n) is 9.42. The molecule has 28 heavy (non-hydrogen) atoms. The number of ether oxygens (including phenoxy) is 2. The summed E-state index contributed by atoms with van der Waals surface area (Å²) in [7, 11) is 0. The number of hydrogen-bond donors (Lipinski definition) is 0. The molecule has 0 radical (unpaired) electrons. The molecule has 2 aliphatic heterocycles. The SMILES string of the molecule is C=CCN1C(=O)C(=O)N(CN2CCc3cc(OCC)c(OCC)cc3C2)C1=O. The molecule has 150 valence electrons. The topological polar surface area (TPSA) is 79.4 Å². The van der Waals surface area contributed by atoms with E-state index >= 15 is 0 Å². The van der Waals surface area contributed by atoms with Crippen LogP contribution in [-0.2, 0) is 22.6 Å². The van der Waals surface area contributed by atoms with Gasteiger partial charge in [0.05, 0.1) is 19.9 Å². The molecule has 4 amide bonds. The van der Waals surface area contributed by atoms with Gasteiger partial charge >= 0.3 is 17.8 Å². The van der Waals surface area contributed by atoms with Crippen LogP contribution in [0.1, 0.15) is 25.0 Å². The third-order valence-electron chi connectivity index (χ3n) is 4.75. The molecule has 3 rings (SSSR count). The number of benzene rings is 1. The molecule has 8 heteroatoms. The summed E-state index contributed by atoms with van der Waals surface area (Å²) in [4.78, 5) is 40.4. The number of hydrogen-bond acceptors (Lipinski definition) is 6. The zero-order valence-corrected chi connectivity index (χ0v) is 16.3. The number of amides is 4. The number of carbonyl (C=O) groups excluding carboxylic acids is 3. The fraction of sp³-hybridized carbons (Fsp3) is 0.450. The third kappa shape index (κ3) is 3.73. The lowest BCUT2D eigenvalue weighted by Gasteiger charge is -2.31. The molecule has 0 saturated carbocycles. The number of nitrogens with zero attached hydrogens (tertiary/aromatic N) is 3. The summed E-state index contributed by atoms with van der Waals surface area (Å²) in [5, 5.41) is 0. The Morgan fingerprint density at radius 3 is 2.21 bits per heavy atom. The molecule has 1 fully saturated rings. The highest BCUT2D eigenvalue weighted by Crippen LogP contribution is 2.34. The largest absolute Gasteiger partial charge is 0.490 e. The Kier molecular flexibility index (Phi) is 5.99. The number of urea groups is 1. The van der Waals surface area contributed by atoms with Crippen molar-refractivity contribution in [3.8, 4) is 11.5 Å². The average molecular weight is 387 g/mol. The average Bonchev–Trinajstić information content (AvgIpc) is 2.87. The van der Waals surface area contributed by atoms with Gasteiger partial charge in [-0.15, -0.1) is 6.58 Å². The van der Waals surface area contributed by atoms with Crippen molar-refractivity contribution in [2.45, 2.75) is 26.8 Å². The van der Waals surface area contributed by atoms with Crippen molar-refractivity contribution in [2.24, 2.45) is 0 Å². The van der Waals surface area contributed by atoms with E-state index in [2.05, 4.69) is 6.58 Å². The maximum absolute atomic E-state index is 12.4. The second-order valence-corrected chi connectivity index (χ2v) is 6.60. The Morgan fingerprint density at radius 2 is 1.61 bits per heavy atom. The Balaban J connectivity index is 1.75. The molecule has 0 bridgehead atoms. The smallest absolute Gasteiger partial charge is 0.335 e. The summed E-state index contributed by atoms with van der Waals surface area (Å²) in [6, 6.07) is 3.36. The first-order valence-corrected chi connectivity index (χ1v) is 9.42. The summed E-state index contributed by atoms with van der Waals surface area (Å²) in [5.74, 6) is -0.181. The minimum Gasteiger partial charge on any atom is -0.490 e. The number of fused-ring (bicyclic) bond motifs is 1. The van der Waals surface area contributed by atoms with Crippen LogP contribution in [0.4, 0.5) is 4.79 Å². The maximum atomic E-state index is 12.4. The lowest BCUT2D eigenvalue weighted by Crippen LogP contribution is -2.44. The van der Waals surface area contributed by atoms with Crippen molar-refractivity contribution in [3.05, 3.63) is 35.9 Å². The number of carbonyl (C=O) groups is 3. The number of rotatable bonds is 8. The van der Waals surface area contributed by atoms with Crippen LogP contribution in [0.3, 0.4) is 0 Å². The normalized spacial score (nSPS) is 17.1. The second-order valence-electron chi connectivity index (χ2n) is 6.60. The Labute approximate surface area is 164 Å². The van der Waals surface area contributed by atoms with Crippen LogP contribution in [0.2, 0.25) is 0 Å². The molecule has 2 heterocycles. The van der Waals surface area contributed by atoms with Gasteiger partial charge in [0.2, 0.25) is 0 Å². The molecule has 2 aliphatic rings. The van der Waals surface area contributed by atoms with Gasteiger partial charge in [0.15, 0.2) is 11.5 Å². The van der Waals surface area contributed by atoms with Crippen LogP contribution in [0.5, 0.6) is 11.5 Å². The molecule has 0 N–H and O–H groups in total. The molecule has 1 saturated heterocycles. The van der Waals surface area contributed by atoms with Crippen molar-refractivity contribution in [2.75, 3.05) is 33.0 Å². The Morgan fingerprint density at radius 1 is 1.00 bits per heavy atom. The van der Waals surface area contributed by atoms with Crippen LogP contribution >= 0.6 is 0 Å². The highest BCUT2D eigenvalue weighted by Gasteiger charge is 2.44. The first-order chi connectivity index (χ1) is 13.5. The number of imide groups is 2. The van der Waals surface area contributed by atoms with Crippen LogP contribution in [0.25, 0.3) is 0 Å². The van der Waals surface area contributed by atoms with Crippen molar-refractivity contribution >= 4 is 17.8 Å². The van der Waals surface area contributed by atoms with E-state index in [0.717, 1.165) is 33.1 Å². The van der Waals surface area contributed by atoms with Crippen molar-refractivity contribution in [1.82, 2.24) is 14.7 Å². The molecule has 0 aliphatic carbocycles. The fourth-order valence-corrected chi connectivity index (χ4v) is 3.45. The lowest BCUT2D eigenvalue weighted by molar-refractivity contribution is -0.143. The molecule has 1 aromatic rings. The van der Waals surface area contributed by atoms with Gasteiger partial charge in [-0.25, -0.2) is 9.69 Å². The monoisotopic (exact) mass is 387 g/mol. The van der Waals surface area contributed by atoms with Crippen LogP contribution < -0.4 is 9.47 Å².